The second kappa shape index (κ2) is 10.2. The highest BCUT2D eigenvalue weighted by atomic mass is 32.2. The molecule has 1 aliphatic heterocycles. The first-order valence-corrected chi connectivity index (χ1v) is 10.6. The fraction of sp³-hybridized carbons (Fsp3) is 0.500. The van der Waals surface area contributed by atoms with Gasteiger partial charge in [0.25, 0.3) is 0 Å². The third kappa shape index (κ3) is 6.56. The van der Waals surface area contributed by atoms with Crippen molar-refractivity contribution in [2.45, 2.75) is 45.9 Å². The maximum atomic E-state index is 13.2. The van der Waals surface area contributed by atoms with Crippen LogP contribution in [0.4, 0.5) is 9.59 Å². The van der Waals surface area contributed by atoms with Gasteiger partial charge >= 0.3 is 18.1 Å². The van der Waals surface area contributed by atoms with Gasteiger partial charge in [-0.05, 0) is 45.4 Å². The van der Waals surface area contributed by atoms with E-state index >= 15 is 0 Å². The molecule has 1 saturated heterocycles. The Balaban J connectivity index is 2.22. The first kappa shape index (κ1) is 23.3. The van der Waals surface area contributed by atoms with Gasteiger partial charge in [-0.25, -0.2) is 24.8 Å². The number of thioether (sulfide) groups is 1. The Morgan fingerprint density at radius 1 is 1.30 bits per heavy atom. The number of urea groups is 1. The average molecular weight is 435 g/mol. The minimum absolute atomic E-state index is 0.0283. The molecule has 30 heavy (non-hydrogen) atoms. The van der Waals surface area contributed by atoms with E-state index in [1.165, 1.54) is 16.7 Å². The summed E-state index contributed by atoms with van der Waals surface area (Å²) in [6.07, 6.45) is -0.788. The molecule has 162 valence electrons. The summed E-state index contributed by atoms with van der Waals surface area (Å²) in [5.41, 5.74) is 2.90. The highest BCUT2D eigenvalue weighted by molar-refractivity contribution is 7.99. The van der Waals surface area contributed by atoms with Crippen molar-refractivity contribution >= 4 is 29.9 Å². The van der Waals surface area contributed by atoms with Crippen LogP contribution < -0.4 is 5.43 Å². The summed E-state index contributed by atoms with van der Waals surface area (Å²) < 4.78 is 10.3. The lowest BCUT2D eigenvalue weighted by atomic mass is 10.1. The van der Waals surface area contributed by atoms with Crippen LogP contribution in [0.2, 0.25) is 0 Å². The van der Waals surface area contributed by atoms with Gasteiger partial charge in [0.05, 0.1) is 30.7 Å². The van der Waals surface area contributed by atoms with Crippen LogP contribution in [0.5, 0.6) is 0 Å². The average Bonchev–Trinajstić information content (AvgIpc) is 3.16. The zero-order valence-electron chi connectivity index (χ0n) is 17.5. The van der Waals surface area contributed by atoms with E-state index in [1.807, 2.05) is 6.07 Å². The van der Waals surface area contributed by atoms with Crippen molar-refractivity contribution < 1.29 is 23.9 Å². The van der Waals surface area contributed by atoms with E-state index in [4.69, 9.17) is 14.7 Å². The Hall–Kier alpha value is -2.93. The van der Waals surface area contributed by atoms with Crippen LogP contribution in [0.1, 0.15) is 38.8 Å². The molecular weight excluding hydrogens is 408 g/mol. The van der Waals surface area contributed by atoms with E-state index in [0.717, 1.165) is 5.01 Å². The van der Waals surface area contributed by atoms with Gasteiger partial charge in [0.2, 0.25) is 0 Å². The minimum Gasteiger partial charge on any atom is -0.464 e. The van der Waals surface area contributed by atoms with Crippen LogP contribution in [0.25, 0.3) is 0 Å². The molecule has 3 amide bonds. The predicted molar refractivity (Wildman–Crippen MR) is 111 cm³/mol. The number of ether oxygens (including phenoxy) is 2. The van der Waals surface area contributed by atoms with Gasteiger partial charge in [0.1, 0.15) is 11.6 Å². The Kier molecular flexibility index (Phi) is 7.94. The number of hydrogen-bond acceptors (Lipinski definition) is 7. The van der Waals surface area contributed by atoms with E-state index in [9.17, 15) is 14.4 Å². The van der Waals surface area contributed by atoms with E-state index < -0.39 is 29.7 Å². The van der Waals surface area contributed by atoms with Crippen molar-refractivity contribution in [3.05, 3.63) is 35.4 Å². The summed E-state index contributed by atoms with van der Waals surface area (Å²) in [6.45, 7) is 7.09. The van der Waals surface area contributed by atoms with Gasteiger partial charge in [-0.15, -0.1) is 11.8 Å². The molecule has 10 heteroatoms. The highest BCUT2D eigenvalue weighted by Gasteiger charge is 2.38. The number of nitrogens with one attached hydrogen (secondary N) is 1. The van der Waals surface area contributed by atoms with Gasteiger partial charge in [0.15, 0.2) is 0 Å². The zero-order chi connectivity index (χ0) is 22.3. The number of hydrazine groups is 1. The van der Waals surface area contributed by atoms with Crippen molar-refractivity contribution in [1.29, 1.82) is 5.26 Å². The molecule has 0 saturated carbocycles. The Labute approximate surface area is 180 Å². The van der Waals surface area contributed by atoms with Gasteiger partial charge < -0.3 is 9.47 Å². The van der Waals surface area contributed by atoms with Crippen molar-refractivity contribution in [2.24, 2.45) is 0 Å². The Morgan fingerprint density at radius 3 is 2.53 bits per heavy atom. The predicted octanol–water partition coefficient (Wildman–Crippen LogP) is 2.86. The largest absolute Gasteiger partial charge is 0.464 e. The maximum absolute atomic E-state index is 13.2. The van der Waals surface area contributed by atoms with E-state index in [0.29, 0.717) is 22.8 Å². The fourth-order valence-corrected chi connectivity index (χ4v) is 3.79. The molecule has 0 spiro atoms. The standard InChI is InChI=1S/C20H26N4O5S/c1-5-28-17(25)16-12-30-13-23(16)19(27)24(22-18(26)29-20(2,3)4)11-15-8-6-14(10-21)7-9-15/h6-9,16H,5,11-13H2,1-4H3,(H,22,26). The number of nitriles is 1. The smallest absolute Gasteiger partial charge is 0.426 e. The molecule has 1 heterocycles. The summed E-state index contributed by atoms with van der Waals surface area (Å²) in [7, 11) is 0. The summed E-state index contributed by atoms with van der Waals surface area (Å²) in [6, 6.07) is 7.38. The molecule has 0 radical (unpaired) electrons. The molecule has 1 N–H and O–H groups in total. The molecule has 2 rings (SSSR count). The summed E-state index contributed by atoms with van der Waals surface area (Å²) in [5.74, 6) is 0.232. The van der Waals surface area contributed by atoms with Crippen LogP contribution in [-0.4, -0.2) is 57.9 Å². The number of benzene rings is 1. The fourth-order valence-electron chi connectivity index (χ4n) is 2.65. The van der Waals surface area contributed by atoms with Gasteiger partial charge in [-0.1, -0.05) is 12.1 Å². The van der Waals surface area contributed by atoms with Gasteiger partial charge in [-0.2, -0.15) is 5.26 Å². The zero-order valence-corrected chi connectivity index (χ0v) is 18.3. The number of carbonyl (C=O) groups excluding carboxylic acids is 3. The quantitative estimate of drug-likeness (QED) is 0.573. The van der Waals surface area contributed by atoms with E-state index in [1.54, 1.807) is 52.0 Å². The summed E-state index contributed by atoms with van der Waals surface area (Å²) >= 11 is 1.43. The van der Waals surface area contributed by atoms with E-state index in [-0.39, 0.29) is 13.2 Å². The lowest BCUT2D eigenvalue weighted by Gasteiger charge is -2.31. The highest BCUT2D eigenvalue weighted by Crippen LogP contribution is 2.24. The van der Waals surface area contributed by atoms with Crippen LogP contribution >= 0.6 is 11.8 Å². The molecule has 1 aromatic carbocycles. The van der Waals surface area contributed by atoms with Crippen molar-refractivity contribution in [3.8, 4) is 6.07 Å². The van der Waals surface area contributed by atoms with E-state index in [2.05, 4.69) is 5.43 Å². The number of esters is 1. The Bertz CT molecular complexity index is 816. The van der Waals surface area contributed by atoms with Crippen molar-refractivity contribution in [1.82, 2.24) is 15.3 Å². The summed E-state index contributed by atoms with van der Waals surface area (Å²) in [4.78, 5) is 39.1. The number of hydrogen-bond donors (Lipinski definition) is 1. The summed E-state index contributed by atoms with van der Waals surface area (Å²) in [5, 5.41) is 10.1. The second-order valence-corrected chi connectivity index (χ2v) is 8.53. The molecule has 0 aliphatic carbocycles. The lowest BCUT2D eigenvalue weighted by molar-refractivity contribution is -0.147. The second-order valence-electron chi connectivity index (χ2n) is 7.53. The molecule has 1 aliphatic rings. The molecule has 1 atom stereocenters. The van der Waals surface area contributed by atoms with Crippen molar-refractivity contribution in [3.63, 3.8) is 0 Å². The number of nitrogens with zero attached hydrogens (tertiary/aromatic N) is 3. The number of rotatable bonds is 4. The third-order valence-corrected chi connectivity index (χ3v) is 4.98. The normalized spacial score (nSPS) is 15.8. The van der Waals surface area contributed by atoms with Gasteiger partial charge in [-0.3, -0.25) is 4.90 Å². The lowest BCUT2D eigenvalue weighted by Crippen LogP contribution is -2.55. The molecule has 9 nitrogen and oxygen atoms in total. The molecule has 0 bridgehead atoms. The molecular formula is C20H26N4O5S. The molecule has 1 unspecified atom stereocenters. The SMILES string of the molecule is CCOC(=O)C1CSCN1C(=O)N(Cc1ccc(C#N)cc1)NC(=O)OC(C)(C)C. The van der Waals surface area contributed by atoms with Crippen LogP contribution in [0.15, 0.2) is 24.3 Å². The third-order valence-electron chi connectivity index (χ3n) is 3.97. The molecule has 1 aromatic rings. The first-order valence-electron chi connectivity index (χ1n) is 9.45. The minimum atomic E-state index is -0.788. The van der Waals surface area contributed by atoms with Crippen LogP contribution in [0.3, 0.4) is 0 Å². The van der Waals surface area contributed by atoms with Crippen LogP contribution in [-0.2, 0) is 20.8 Å². The number of amides is 3. The number of carbonyl (C=O) groups is 3. The van der Waals surface area contributed by atoms with Crippen molar-refractivity contribution in [2.75, 3.05) is 18.2 Å². The molecule has 0 aromatic heterocycles. The molecule has 1 fully saturated rings. The van der Waals surface area contributed by atoms with Gasteiger partial charge in [0, 0.05) is 5.75 Å². The monoisotopic (exact) mass is 434 g/mol. The maximum Gasteiger partial charge on any atom is 0.426 e. The topological polar surface area (TPSA) is 112 Å². The first-order chi connectivity index (χ1) is 14.1. The van der Waals surface area contributed by atoms with Crippen LogP contribution in [0, 0.1) is 11.3 Å². The Morgan fingerprint density at radius 2 is 1.97 bits per heavy atom.